The van der Waals surface area contributed by atoms with Crippen LogP contribution in [0.1, 0.15) is 15.9 Å². The predicted molar refractivity (Wildman–Crippen MR) is 89.2 cm³/mol. The molecule has 0 saturated heterocycles. The number of aromatic carboxylic acids is 1. The van der Waals surface area contributed by atoms with Gasteiger partial charge in [-0.2, -0.15) is 14.9 Å². The molecule has 2 aromatic carbocycles. The van der Waals surface area contributed by atoms with Gasteiger partial charge < -0.3 is 5.11 Å². The number of benzene rings is 2. The predicted octanol–water partition coefficient (Wildman–Crippen LogP) is 3.19. The molecule has 0 aliphatic carbocycles. The summed E-state index contributed by atoms with van der Waals surface area (Å²) in [5.41, 5.74) is 1.51. The minimum absolute atomic E-state index is 0.174. The fourth-order valence-electron chi connectivity index (χ4n) is 2.10. The summed E-state index contributed by atoms with van der Waals surface area (Å²) >= 11 is 5.19. The Balaban J connectivity index is 2.04. The van der Waals surface area contributed by atoms with Crippen LogP contribution in [0.2, 0.25) is 0 Å². The summed E-state index contributed by atoms with van der Waals surface area (Å²) in [6.07, 6.45) is 1.46. The summed E-state index contributed by atoms with van der Waals surface area (Å²) in [6, 6.07) is 16.1. The maximum Gasteiger partial charge on any atom is 0.336 e. The third-order valence-electron chi connectivity index (χ3n) is 3.19. The number of aromatic amines is 1. The topological polar surface area (TPSA) is 83.3 Å². The first kappa shape index (κ1) is 14.9. The van der Waals surface area contributed by atoms with E-state index < -0.39 is 5.97 Å². The first-order valence-electron chi connectivity index (χ1n) is 6.76. The number of nitrogens with one attached hydrogen (secondary N) is 1. The zero-order valence-electron chi connectivity index (χ0n) is 11.9. The van der Waals surface area contributed by atoms with Crippen molar-refractivity contribution in [2.24, 2.45) is 5.10 Å². The molecule has 114 valence electrons. The number of nitrogens with zero attached hydrogens (tertiary/aromatic N) is 3. The number of hydrogen-bond acceptors (Lipinski definition) is 4. The van der Waals surface area contributed by atoms with Crippen molar-refractivity contribution >= 4 is 24.4 Å². The lowest BCUT2D eigenvalue weighted by Gasteiger charge is -2.02. The molecule has 6 nitrogen and oxygen atoms in total. The van der Waals surface area contributed by atoms with Gasteiger partial charge in [-0.15, -0.1) is 0 Å². The van der Waals surface area contributed by atoms with Crippen LogP contribution < -0.4 is 0 Å². The highest BCUT2D eigenvalue weighted by atomic mass is 32.1. The second-order valence-electron chi connectivity index (χ2n) is 4.67. The van der Waals surface area contributed by atoms with Crippen molar-refractivity contribution in [1.82, 2.24) is 14.9 Å². The van der Waals surface area contributed by atoms with Gasteiger partial charge in [0.1, 0.15) is 0 Å². The molecule has 0 bridgehead atoms. The molecule has 0 aliphatic heterocycles. The smallest absolute Gasteiger partial charge is 0.336 e. The van der Waals surface area contributed by atoms with Crippen LogP contribution in [0.5, 0.6) is 0 Å². The molecule has 0 amide bonds. The van der Waals surface area contributed by atoms with E-state index in [1.165, 1.54) is 17.0 Å². The van der Waals surface area contributed by atoms with Crippen molar-refractivity contribution in [2.75, 3.05) is 0 Å². The van der Waals surface area contributed by atoms with Gasteiger partial charge in [0.15, 0.2) is 5.82 Å². The second-order valence-corrected chi connectivity index (χ2v) is 5.05. The van der Waals surface area contributed by atoms with Crippen molar-refractivity contribution in [2.45, 2.75) is 0 Å². The second kappa shape index (κ2) is 6.37. The fourth-order valence-corrected chi connectivity index (χ4v) is 2.28. The van der Waals surface area contributed by atoms with Gasteiger partial charge in [0.05, 0.1) is 11.8 Å². The van der Waals surface area contributed by atoms with Gasteiger partial charge in [-0.1, -0.05) is 48.5 Å². The number of H-pyrrole nitrogens is 1. The van der Waals surface area contributed by atoms with Gasteiger partial charge in [-0.05, 0) is 18.3 Å². The lowest BCUT2D eigenvalue weighted by atomic mass is 10.1. The maximum absolute atomic E-state index is 11.2. The maximum atomic E-state index is 11.2. The standard InChI is InChI=1S/C16H12N4O2S/c21-15(22)13-9-5-4-8-12(13)10-17-20-14(18-19-16(20)23)11-6-2-1-3-7-11/h1-10H,(H,19,23)(H,21,22)/b17-10-. The van der Waals surface area contributed by atoms with Crippen LogP contribution in [-0.4, -0.2) is 32.2 Å². The molecule has 0 radical (unpaired) electrons. The molecule has 2 N–H and O–H groups in total. The van der Waals surface area contributed by atoms with Crippen LogP contribution in [-0.2, 0) is 0 Å². The molecule has 0 spiro atoms. The van der Waals surface area contributed by atoms with Crippen LogP contribution in [0.3, 0.4) is 0 Å². The normalized spacial score (nSPS) is 11.0. The van der Waals surface area contributed by atoms with E-state index in [4.69, 9.17) is 12.2 Å². The van der Waals surface area contributed by atoms with Gasteiger partial charge >= 0.3 is 5.97 Å². The van der Waals surface area contributed by atoms with Crippen molar-refractivity contribution in [3.8, 4) is 11.4 Å². The SMILES string of the molecule is O=C(O)c1ccccc1/C=N\n1c(-c2ccccc2)n[nH]c1=S. The van der Waals surface area contributed by atoms with Crippen molar-refractivity contribution in [3.05, 3.63) is 70.5 Å². The van der Waals surface area contributed by atoms with Crippen LogP contribution >= 0.6 is 12.2 Å². The average molecular weight is 324 g/mol. The minimum atomic E-state index is -1.01. The van der Waals surface area contributed by atoms with Crippen LogP contribution in [0.4, 0.5) is 0 Å². The van der Waals surface area contributed by atoms with E-state index in [-0.39, 0.29) is 5.56 Å². The molecule has 23 heavy (non-hydrogen) atoms. The first-order valence-corrected chi connectivity index (χ1v) is 7.17. The monoisotopic (exact) mass is 324 g/mol. The number of hydrogen-bond donors (Lipinski definition) is 2. The minimum Gasteiger partial charge on any atom is -0.478 e. The largest absolute Gasteiger partial charge is 0.478 e. The first-order chi connectivity index (χ1) is 11.2. The highest BCUT2D eigenvalue weighted by molar-refractivity contribution is 7.71. The van der Waals surface area contributed by atoms with E-state index >= 15 is 0 Å². The summed E-state index contributed by atoms with van der Waals surface area (Å²) in [5.74, 6) is -0.453. The molecule has 1 aromatic heterocycles. The Labute approximate surface area is 136 Å². The number of carbonyl (C=O) groups is 1. The highest BCUT2D eigenvalue weighted by Crippen LogP contribution is 2.16. The van der Waals surface area contributed by atoms with E-state index in [0.717, 1.165) is 5.56 Å². The number of aromatic nitrogens is 3. The van der Waals surface area contributed by atoms with E-state index in [1.807, 2.05) is 30.3 Å². The van der Waals surface area contributed by atoms with Crippen LogP contribution in [0.25, 0.3) is 11.4 Å². The van der Waals surface area contributed by atoms with E-state index in [0.29, 0.717) is 16.2 Å². The van der Waals surface area contributed by atoms with Crippen LogP contribution in [0, 0.1) is 4.77 Å². The van der Waals surface area contributed by atoms with E-state index in [1.54, 1.807) is 18.2 Å². The van der Waals surface area contributed by atoms with Crippen molar-refractivity contribution in [1.29, 1.82) is 0 Å². The molecule has 3 aromatic rings. The number of carboxylic acid groups (broad SMARTS) is 1. The summed E-state index contributed by atoms with van der Waals surface area (Å²) in [4.78, 5) is 11.2. The summed E-state index contributed by atoms with van der Waals surface area (Å²) in [5, 5.41) is 20.4. The van der Waals surface area contributed by atoms with Crippen molar-refractivity contribution < 1.29 is 9.90 Å². The summed E-state index contributed by atoms with van der Waals surface area (Å²) in [6.45, 7) is 0. The average Bonchev–Trinajstić information content (AvgIpc) is 2.94. The Bertz CT molecular complexity index is 929. The highest BCUT2D eigenvalue weighted by Gasteiger charge is 2.09. The quantitative estimate of drug-likeness (QED) is 0.570. The lowest BCUT2D eigenvalue weighted by Crippen LogP contribution is -2.02. The molecule has 0 atom stereocenters. The molecule has 0 aliphatic rings. The molecule has 0 unspecified atom stereocenters. The molecular weight excluding hydrogens is 312 g/mol. The van der Waals surface area contributed by atoms with Crippen LogP contribution in [0.15, 0.2) is 59.7 Å². The molecule has 7 heteroatoms. The van der Waals surface area contributed by atoms with Gasteiger partial charge in [0.2, 0.25) is 4.77 Å². The van der Waals surface area contributed by atoms with Gasteiger partial charge in [-0.3, -0.25) is 0 Å². The fraction of sp³-hybridized carbons (Fsp3) is 0. The number of rotatable bonds is 4. The molecule has 3 rings (SSSR count). The lowest BCUT2D eigenvalue weighted by molar-refractivity contribution is 0.0697. The zero-order valence-corrected chi connectivity index (χ0v) is 12.7. The van der Waals surface area contributed by atoms with E-state index in [2.05, 4.69) is 15.3 Å². The Morgan fingerprint density at radius 1 is 1.17 bits per heavy atom. The Morgan fingerprint density at radius 3 is 2.61 bits per heavy atom. The zero-order chi connectivity index (χ0) is 16.2. The summed E-state index contributed by atoms with van der Waals surface area (Å²) < 4.78 is 1.79. The molecule has 1 heterocycles. The third kappa shape index (κ3) is 3.09. The Morgan fingerprint density at radius 2 is 1.87 bits per heavy atom. The number of carboxylic acids is 1. The van der Waals surface area contributed by atoms with E-state index in [9.17, 15) is 9.90 Å². The van der Waals surface area contributed by atoms with Gasteiger partial charge in [-0.25, -0.2) is 9.89 Å². The van der Waals surface area contributed by atoms with Crippen molar-refractivity contribution in [3.63, 3.8) is 0 Å². The van der Waals surface area contributed by atoms with Gasteiger partial charge in [0.25, 0.3) is 0 Å². The molecular formula is C16H12N4O2S. The molecule has 0 fully saturated rings. The third-order valence-corrected chi connectivity index (χ3v) is 3.45. The van der Waals surface area contributed by atoms with Gasteiger partial charge in [0, 0.05) is 11.1 Å². The summed E-state index contributed by atoms with van der Waals surface area (Å²) in [7, 11) is 0. The Hall–Kier alpha value is -3.06. The molecule has 0 saturated carbocycles. The Kier molecular flexibility index (Phi) is 4.11.